The van der Waals surface area contributed by atoms with E-state index >= 15 is 0 Å². The Morgan fingerprint density at radius 2 is 1.10 bits per heavy atom. The van der Waals surface area contributed by atoms with Crippen LogP contribution < -0.4 is 0 Å². The van der Waals surface area contributed by atoms with Crippen molar-refractivity contribution < 1.29 is 9.53 Å². The molecule has 108 valence electrons. The van der Waals surface area contributed by atoms with Gasteiger partial charge in [0.05, 0.1) is 12.2 Å². The van der Waals surface area contributed by atoms with E-state index in [0.717, 1.165) is 11.1 Å². The van der Waals surface area contributed by atoms with Crippen LogP contribution in [0.2, 0.25) is 0 Å². The van der Waals surface area contributed by atoms with Gasteiger partial charge < -0.3 is 4.74 Å². The van der Waals surface area contributed by atoms with E-state index in [1.807, 2.05) is 74.5 Å². The molecule has 1 fully saturated rings. The van der Waals surface area contributed by atoms with Crippen LogP contribution >= 0.6 is 0 Å². The Morgan fingerprint density at radius 3 is 1.48 bits per heavy atom. The Bertz CT molecular complexity index is 552. The van der Waals surface area contributed by atoms with Crippen LogP contribution in [0.15, 0.2) is 60.7 Å². The van der Waals surface area contributed by atoms with Gasteiger partial charge in [0.25, 0.3) is 0 Å². The van der Waals surface area contributed by atoms with Crippen molar-refractivity contribution in [2.24, 2.45) is 11.8 Å². The second-order valence-electron chi connectivity index (χ2n) is 5.78. The number of ketones is 1. The second-order valence-corrected chi connectivity index (χ2v) is 5.78. The molecule has 1 saturated heterocycles. The molecule has 2 nitrogen and oxygen atoms in total. The van der Waals surface area contributed by atoms with Gasteiger partial charge in [0, 0.05) is 11.8 Å². The van der Waals surface area contributed by atoms with Gasteiger partial charge in [-0.15, -0.1) is 0 Å². The Kier molecular flexibility index (Phi) is 3.89. The standard InChI is InChI=1S/C19H20O2/c1-13-17(20)14(2)19(16-11-7-4-8-12-16)21-18(13)15-9-5-3-6-10-15/h3-14,18-19H,1-2H3/t13-,14-,18+,19+/m1/s1. The average molecular weight is 280 g/mol. The fourth-order valence-electron chi connectivity index (χ4n) is 3.13. The van der Waals surface area contributed by atoms with Gasteiger partial charge in [-0.3, -0.25) is 4.79 Å². The van der Waals surface area contributed by atoms with Crippen molar-refractivity contribution >= 4 is 5.78 Å². The molecule has 0 bridgehead atoms. The minimum Gasteiger partial charge on any atom is -0.364 e. The summed E-state index contributed by atoms with van der Waals surface area (Å²) in [5.41, 5.74) is 2.15. The molecule has 2 heteroatoms. The summed E-state index contributed by atoms with van der Waals surface area (Å²) in [6.07, 6.45) is -0.333. The first-order valence-electron chi connectivity index (χ1n) is 7.47. The summed E-state index contributed by atoms with van der Waals surface area (Å²) in [7, 11) is 0. The lowest BCUT2D eigenvalue weighted by Gasteiger charge is -2.38. The maximum atomic E-state index is 12.6. The summed E-state index contributed by atoms with van der Waals surface area (Å²) in [6.45, 7) is 3.94. The minimum absolute atomic E-state index is 0.109. The van der Waals surface area contributed by atoms with E-state index in [1.54, 1.807) is 0 Å². The number of ether oxygens (including phenoxy) is 1. The summed E-state index contributed by atoms with van der Waals surface area (Å²) >= 11 is 0. The van der Waals surface area contributed by atoms with Crippen molar-refractivity contribution in [3.05, 3.63) is 71.8 Å². The van der Waals surface area contributed by atoms with E-state index in [4.69, 9.17) is 4.74 Å². The van der Waals surface area contributed by atoms with Gasteiger partial charge >= 0.3 is 0 Å². The molecule has 0 spiro atoms. The first-order chi connectivity index (χ1) is 10.2. The molecule has 3 rings (SSSR count). The number of rotatable bonds is 2. The lowest BCUT2D eigenvalue weighted by molar-refractivity contribution is -0.157. The van der Waals surface area contributed by atoms with Crippen molar-refractivity contribution in [3.63, 3.8) is 0 Å². The molecule has 21 heavy (non-hydrogen) atoms. The van der Waals surface area contributed by atoms with Crippen LogP contribution in [0, 0.1) is 11.8 Å². The lowest BCUT2D eigenvalue weighted by Crippen LogP contribution is -2.37. The predicted molar refractivity (Wildman–Crippen MR) is 82.8 cm³/mol. The highest BCUT2D eigenvalue weighted by atomic mass is 16.5. The van der Waals surface area contributed by atoms with Crippen LogP contribution in [-0.2, 0) is 9.53 Å². The SMILES string of the molecule is C[C@@H]1C(=O)[C@@H](C)[C@@H](c2ccccc2)O[C@@H]1c1ccccc1. The van der Waals surface area contributed by atoms with Crippen molar-refractivity contribution in [1.29, 1.82) is 0 Å². The minimum atomic E-state index is -0.167. The molecule has 0 radical (unpaired) electrons. The maximum Gasteiger partial charge on any atom is 0.144 e. The number of carbonyl (C=O) groups excluding carboxylic acids is 1. The zero-order valence-electron chi connectivity index (χ0n) is 12.4. The Balaban J connectivity index is 1.95. The number of carbonyl (C=O) groups is 1. The topological polar surface area (TPSA) is 26.3 Å². The zero-order valence-corrected chi connectivity index (χ0v) is 12.4. The molecule has 2 aromatic rings. The molecule has 2 aromatic carbocycles. The van der Waals surface area contributed by atoms with Gasteiger partial charge in [0.2, 0.25) is 0 Å². The van der Waals surface area contributed by atoms with E-state index in [1.165, 1.54) is 0 Å². The van der Waals surface area contributed by atoms with E-state index < -0.39 is 0 Å². The van der Waals surface area contributed by atoms with Crippen molar-refractivity contribution in [2.75, 3.05) is 0 Å². The van der Waals surface area contributed by atoms with Crippen LogP contribution in [0.5, 0.6) is 0 Å². The first kappa shape index (κ1) is 14.0. The molecule has 0 aliphatic carbocycles. The Hall–Kier alpha value is -1.93. The summed E-state index contributed by atoms with van der Waals surface area (Å²) in [6, 6.07) is 20.1. The van der Waals surface area contributed by atoms with Gasteiger partial charge in [-0.1, -0.05) is 74.5 Å². The molecular formula is C19H20O2. The van der Waals surface area contributed by atoms with Crippen molar-refractivity contribution in [3.8, 4) is 0 Å². The normalized spacial score (nSPS) is 29.3. The third-order valence-electron chi connectivity index (χ3n) is 4.36. The fourth-order valence-corrected chi connectivity index (χ4v) is 3.13. The van der Waals surface area contributed by atoms with Crippen molar-refractivity contribution in [2.45, 2.75) is 26.1 Å². The highest BCUT2D eigenvalue weighted by molar-refractivity contribution is 5.85. The highest BCUT2D eigenvalue weighted by Crippen LogP contribution is 2.43. The predicted octanol–water partition coefficient (Wildman–Crippen LogP) is 4.34. The average Bonchev–Trinajstić information content (AvgIpc) is 2.55. The third-order valence-corrected chi connectivity index (χ3v) is 4.36. The molecule has 0 saturated carbocycles. The van der Waals surface area contributed by atoms with Gasteiger partial charge in [0.1, 0.15) is 5.78 Å². The number of hydrogen-bond acceptors (Lipinski definition) is 2. The molecule has 0 aromatic heterocycles. The molecule has 1 aliphatic rings. The molecule has 1 aliphatic heterocycles. The van der Waals surface area contributed by atoms with Gasteiger partial charge in [-0.05, 0) is 11.1 Å². The maximum absolute atomic E-state index is 12.6. The van der Waals surface area contributed by atoms with Gasteiger partial charge in [0.15, 0.2) is 0 Å². The monoisotopic (exact) mass is 280 g/mol. The fraction of sp³-hybridized carbons (Fsp3) is 0.316. The number of hydrogen-bond donors (Lipinski definition) is 0. The van der Waals surface area contributed by atoms with Crippen LogP contribution in [0.1, 0.15) is 37.2 Å². The molecule has 0 unspecified atom stereocenters. The first-order valence-corrected chi connectivity index (χ1v) is 7.47. The van der Waals surface area contributed by atoms with E-state index in [0.29, 0.717) is 0 Å². The van der Waals surface area contributed by atoms with Crippen LogP contribution in [0.25, 0.3) is 0 Å². The third kappa shape index (κ3) is 2.64. The van der Waals surface area contributed by atoms with Crippen molar-refractivity contribution in [1.82, 2.24) is 0 Å². The number of benzene rings is 2. The summed E-state index contributed by atoms with van der Waals surface area (Å²) in [4.78, 5) is 12.6. The highest BCUT2D eigenvalue weighted by Gasteiger charge is 2.41. The summed E-state index contributed by atoms with van der Waals surface area (Å²) in [5, 5.41) is 0. The van der Waals surface area contributed by atoms with E-state index in [9.17, 15) is 4.79 Å². The van der Waals surface area contributed by atoms with E-state index in [2.05, 4.69) is 0 Å². The molecule has 4 atom stereocenters. The van der Waals surface area contributed by atoms with Crippen LogP contribution in [-0.4, -0.2) is 5.78 Å². The largest absolute Gasteiger partial charge is 0.364 e. The molecular weight excluding hydrogens is 260 g/mol. The molecule has 0 N–H and O–H groups in total. The second kappa shape index (κ2) is 5.82. The van der Waals surface area contributed by atoms with E-state index in [-0.39, 0.29) is 29.8 Å². The smallest absolute Gasteiger partial charge is 0.144 e. The molecule has 1 heterocycles. The Morgan fingerprint density at radius 1 is 0.714 bits per heavy atom. The summed E-state index contributed by atoms with van der Waals surface area (Å²) in [5.74, 6) is 0.0636. The summed E-state index contributed by atoms with van der Waals surface area (Å²) < 4.78 is 6.33. The van der Waals surface area contributed by atoms with Gasteiger partial charge in [-0.2, -0.15) is 0 Å². The Labute approximate surface area is 125 Å². The van der Waals surface area contributed by atoms with Gasteiger partial charge in [-0.25, -0.2) is 0 Å². The number of Topliss-reactive ketones (excluding diaryl/α,β-unsaturated/α-hetero) is 1. The lowest BCUT2D eigenvalue weighted by atomic mass is 9.80. The quantitative estimate of drug-likeness (QED) is 0.818. The zero-order chi connectivity index (χ0) is 14.8. The molecule has 0 amide bonds. The van der Waals surface area contributed by atoms with Crippen LogP contribution in [0.3, 0.4) is 0 Å². The van der Waals surface area contributed by atoms with Crippen LogP contribution in [0.4, 0.5) is 0 Å².